The van der Waals surface area contributed by atoms with E-state index in [0.29, 0.717) is 43.3 Å². The van der Waals surface area contributed by atoms with E-state index in [1.165, 1.54) is 0 Å². The summed E-state index contributed by atoms with van der Waals surface area (Å²) in [7, 11) is 0. The standard InChI is InChI=1S/C22H20N4O4/c27-20-15-10-26(11-16(23-20)13-29-12-15)22(28)18-9-5-4-8-17(18)21-24-19(25-30-21)14-6-2-1-3-7-14/h1-9,15-16H,10-13H2,(H,23,27)/t15-,16+/m1/s1. The minimum atomic E-state index is -0.373. The van der Waals surface area contributed by atoms with Gasteiger partial charge in [-0.3, -0.25) is 9.59 Å². The first-order chi connectivity index (χ1) is 14.7. The molecule has 8 heteroatoms. The van der Waals surface area contributed by atoms with Crippen molar-refractivity contribution in [3.63, 3.8) is 0 Å². The number of fused-ring (bicyclic) bond motifs is 3. The molecule has 30 heavy (non-hydrogen) atoms. The number of amides is 2. The van der Waals surface area contributed by atoms with Crippen molar-refractivity contribution in [1.29, 1.82) is 0 Å². The summed E-state index contributed by atoms with van der Waals surface area (Å²) >= 11 is 0. The average Bonchev–Trinajstić information content (AvgIpc) is 3.12. The van der Waals surface area contributed by atoms with E-state index in [0.717, 1.165) is 5.56 Å². The van der Waals surface area contributed by atoms with Gasteiger partial charge in [0, 0.05) is 18.7 Å². The van der Waals surface area contributed by atoms with Gasteiger partial charge in [0.05, 0.1) is 36.3 Å². The average molecular weight is 404 g/mol. The van der Waals surface area contributed by atoms with Crippen LogP contribution >= 0.6 is 0 Å². The maximum Gasteiger partial charge on any atom is 0.259 e. The molecule has 0 unspecified atom stereocenters. The molecular weight excluding hydrogens is 384 g/mol. The smallest absolute Gasteiger partial charge is 0.259 e. The molecule has 2 aromatic carbocycles. The first-order valence-corrected chi connectivity index (χ1v) is 9.85. The van der Waals surface area contributed by atoms with Crippen LogP contribution in [0.5, 0.6) is 0 Å². The molecule has 8 nitrogen and oxygen atoms in total. The molecular formula is C22H20N4O4. The van der Waals surface area contributed by atoms with Crippen LogP contribution in [0.4, 0.5) is 0 Å². The Hall–Kier alpha value is -3.52. The molecule has 0 aliphatic carbocycles. The van der Waals surface area contributed by atoms with Crippen LogP contribution in [0.3, 0.4) is 0 Å². The monoisotopic (exact) mass is 404 g/mol. The summed E-state index contributed by atoms with van der Waals surface area (Å²) in [6.07, 6.45) is 0. The molecule has 152 valence electrons. The predicted molar refractivity (Wildman–Crippen MR) is 107 cm³/mol. The Morgan fingerprint density at radius 3 is 2.70 bits per heavy atom. The Balaban J connectivity index is 1.46. The van der Waals surface area contributed by atoms with E-state index in [1.54, 1.807) is 23.1 Å². The maximum atomic E-state index is 13.4. The minimum Gasteiger partial charge on any atom is -0.378 e. The fourth-order valence-corrected chi connectivity index (χ4v) is 3.86. The molecule has 0 spiro atoms. The van der Waals surface area contributed by atoms with Crippen molar-refractivity contribution >= 4 is 11.8 Å². The summed E-state index contributed by atoms with van der Waals surface area (Å²) in [4.78, 5) is 31.9. The normalized spacial score (nSPS) is 21.1. The zero-order valence-electron chi connectivity index (χ0n) is 16.2. The van der Waals surface area contributed by atoms with Gasteiger partial charge in [-0.2, -0.15) is 4.98 Å². The second-order valence-electron chi connectivity index (χ2n) is 7.48. The first kappa shape index (κ1) is 18.5. The summed E-state index contributed by atoms with van der Waals surface area (Å²) in [6.45, 7) is 1.43. The molecule has 2 bridgehead atoms. The van der Waals surface area contributed by atoms with Gasteiger partial charge in [0.15, 0.2) is 0 Å². The van der Waals surface area contributed by atoms with Crippen molar-refractivity contribution in [3.05, 3.63) is 60.2 Å². The van der Waals surface area contributed by atoms with E-state index in [4.69, 9.17) is 9.26 Å². The Labute approximate surface area is 172 Å². The lowest BCUT2D eigenvalue weighted by molar-refractivity contribution is -0.125. The highest BCUT2D eigenvalue weighted by Gasteiger charge is 2.36. The molecule has 2 aliphatic heterocycles. The van der Waals surface area contributed by atoms with Crippen molar-refractivity contribution < 1.29 is 18.8 Å². The van der Waals surface area contributed by atoms with Crippen LogP contribution in [0.1, 0.15) is 10.4 Å². The number of benzene rings is 2. The Kier molecular flexibility index (Phi) is 4.76. The number of nitrogens with one attached hydrogen (secondary N) is 1. The highest BCUT2D eigenvalue weighted by atomic mass is 16.5. The quantitative estimate of drug-likeness (QED) is 0.717. The van der Waals surface area contributed by atoms with Crippen molar-refractivity contribution in [1.82, 2.24) is 20.4 Å². The number of carbonyl (C=O) groups is 2. The molecule has 0 radical (unpaired) electrons. The molecule has 3 aromatic rings. The van der Waals surface area contributed by atoms with Gasteiger partial charge >= 0.3 is 0 Å². The first-order valence-electron chi connectivity index (χ1n) is 9.85. The number of ether oxygens (including phenoxy) is 1. The lowest BCUT2D eigenvalue weighted by Crippen LogP contribution is -2.44. The van der Waals surface area contributed by atoms with Crippen molar-refractivity contribution in [3.8, 4) is 22.8 Å². The molecule has 5 rings (SSSR count). The van der Waals surface area contributed by atoms with Crippen molar-refractivity contribution in [2.24, 2.45) is 5.92 Å². The van der Waals surface area contributed by atoms with Gasteiger partial charge in [-0.25, -0.2) is 0 Å². The van der Waals surface area contributed by atoms with Gasteiger partial charge in [-0.1, -0.05) is 47.6 Å². The number of rotatable bonds is 3. The number of aromatic nitrogens is 2. The number of carbonyl (C=O) groups excluding carboxylic acids is 2. The Bertz CT molecular complexity index is 1080. The predicted octanol–water partition coefficient (Wildman–Crippen LogP) is 1.99. The fourth-order valence-electron chi connectivity index (χ4n) is 3.86. The Morgan fingerprint density at radius 1 is 1.03 bits per heavy atom. The van der Waals surface area contributed by atoms with Crippen LogP contribution in [0.25, 0.3) is 22.8 Å². The van der Waals surface area contributed by atoms with E-state index >= 15 is 0 Å². The second-order valence-corrected chi connectivity index (χ2v) is 7.48. The summed E-state index contributed by atoms with van der Waals surface area (Å²) in [5.74, 6) is 0.139. The van der Waals surface area contributed by atoms with E-state index in [1.807, 2.05) is 36.4 Å². The number of nitrogens with zero attached hydrogens (tertiary/aromatic N) is 3. The molecule has 2 fully saturated rings. The van der Waals surface area contributed by atoms with Crippen molar-refractivity contribution in [2.75, 3.05) is 26.3 Å². The molecule has 2 aliphatic rings. The van der Waals surface area contributed by atoms with Crippen LogP contribution < -0.4 is 5.32 Å². The lowest BCUT2D eigenvalue weighted by atomic mass is 10.0. The summed E-state index contributed by atoms with van der Waals surface area (Å²) in [6, 6.07) is 16.5. The van der Waals surface area contributed by atoms with Crippen LogP contribution in [0.15, 0.2) is 59.1 Å². The third-order valence-corrected chi connectivity index (χ3v) is 5.37. The molecule has 2 atom stereocenters. The molecule has 0 saturated carbocycles. The van der Waals surface area contributed by atoms with Gasteiger partial charge in [-0.15, -0.1) is 0 Å². The summed E-state index contributed by atoms with van der Waals surface area (Å²) in [5, 5.41) is 7.01. The van der Waals surface area contributed by atoms with Crippen LogP contribution in [0.2, 0.25) is 0 Å². The van der Waals surface area contributed by atoms with E-state index in [-0.39, 0.29) is 29.7 Å². The topological polar surface area (TPSA) is 97.6 Å². The van der Waals surface area contributed by atoms with Gasteiger partial charge in [0.2, 0.25) is 11.7 Å². The van der Waals surface area contributed by atoms with Gasteiger partial charge in [-0.05, 0) is 12.1 Å². The van der Waals surface area contributed by atoms with Crippen LogP contribution in [-0.4, -0.2) is 59.2 Å². The van der Waals surface area contributed by atoms with Gasteiger partial charge in [0.1, 0.15) is 0 Å². The van der Waals surface area contributed by atoms with E-state index < -0.39 is 0 Å². The van der Waals surface area contributed by atoms with Gasteiger partial charge < -0.3 is 19.5 Å². The molecule has 2 saturated heterocycles. The maximum absolute atomic E-state index is 13.4. The van der Waals surface area contributed by atoms with E-state index in [2.05, 4.69) is 15.5 Å². The van der Waals surface area contributed by atoms with Crippen molar-refractivity contribution in [2.45, 2.75) is 6.04 Å². The number of hydrogen-bond donors (Lipinski definition) is 1. The second kappa shape index (κ2) is 7.72. The van der Waals surface area contributed by atoms with E-state index in [9.17, 15) is 9.59 Å². The zero-order chi connectivity index (χ0) is 20.5. The molecule has 1 N–H and O–H groups in total. The zero-order valence-corrected chi connectivity index (χ0v) is 16.2. The highest BCUT2D eigenvalue weighted by molar-refractivity contribution is 6.00. The van der Waals surface area contributed by atoms with Gasteiger partial charge in [0.25, 0.3) is 11.8 Å². The largest absolute Gasteiger partial charge is 0.378 e. The third kappa shape index (κ3) is 3.46. The summed E-state index contributed by atoms with van der Waals surface area (Å²) in [5.41, 5.74) is 1.87. The molecule has 3 heterocycles. The SMILES string of the molecule is O=C1N[C@@H]2COC[C@H]1CN(C(=O)c1ccccc1-c1nc(-c3ccccc3)no1)C2. The minimum absolute atomic E-state index is 0.0644. The molecule has 1 aromatic heterocycles. The molecule has 2 amide bonds. The third-order valence-electron chi connectivity index (χ3n) is 5.37. The van der Waals surface area contributed by atoms with Crippen LogP contribution in [-0.2, 0) is 9.53 Å². The number of hydrogen-bond acceptors (Lipinski definition) is 6. The Morgan fingerprint density at radius 2 is 1.83 bits per heavy atom. The van der Waals surface area contributed by atoms with Crippen LogP contribution in [0, 0.1) is 5.92 Å². The fraction of sp³-hybridized carbons (Fsp3) is 0.273. The summed E-state index contributed by atoms with van der Waals surface area (Å²) < 4.78 is 11.0. The highest BCUT2D eigenvalue weighted by Crippen LogP contribution is 2.27. The lowest BCUT2D eigenvalue weighted by Gasteiger charge is -2.28.